The highest BCUT2D eigenvalue weighted by Gasteiger charge is 2.52. The summed E-state index contributed by atoms with van der Waals surface area (Å²) in [5.41, 5.74) is -0.678. The molecule has 0 unspecified atom stereocenters. The van der Waals surface area contributed by atoms with Gasteiger partial charge in [-0.2, -0.15) is 25.1 Å². The van der Waals surface area contributed by atoms with Crippen molar-refractivity contribution in [2.75, 3.05) is 61.6 Å². The second-order valence-corrected chi connectivity index (χ2v) is 27.2. The molecular formula is C60H111N9O7. The average molecular weight is 1070 g/mol. The molecule has 2 aliphatic carbocycles. The topological polar surface area (TPSA) is 158 Å². The smallest absolute Gasteiger partial charge is 0.306 e. The predicted molar refractivity (Wildman–Crippen MR) is 308 cm³/mol. The van der Waals surface area contributed by atoms with Crippen LogP contribution in [0.15, 0.2) is 0 Å². The van der Waals surface area contributed by atoms with Crippen molar-refractivity contribution in [3.63, 3.8) is 0 Å². The van der Waals surface area contributed by atoms with E-state index in [1.807, 2.05) is 0 Å². The number of nitrogens with zero attached hydrogens (tertiary/aromatic N) is 8. The lowest BCUT2D eigenvalue weighted by molar-refractivity contribution is -0.310. The molecule has 1 aromatic rings. The van der Waals surface area contributed by atoms with Crippen LogP contribution in [0.5, 0.6) is 0 Å². The molecule has 1 aromatic heterocycles. The van der Waals surface area contributed by atoms with E-state index >= 15 is 0 Å². The van der Waals surface area contributed by atoms with Crippen molar-refractivity contribution in [3.05, 3.63) is 0 Å². The zero-order valence-electron chi connectivity index (χ0n) is 51.2. The van der Waals surface area contributed by atoms with E-state index in [9.17, 15) is 14.7 Å². The standard InChI is InChI=1S/C43H80N8O3.C17H31NO4/c1-11-13-26-48(33-29-40(3,4)50(41(5,6)30-33)53-35-21-17-15-18-22-35)38-45-37(44-25-28-52)46-39(47-38)49(27-14-12-2)34-31-42(7,8)51(43(9,10)32-34)54-36-23-19-16-20-24-36;1-13(19)7-8-15(20)22-10-9-18-16(2,3)11-14(21-6)12-17(18,4)5/h33-36,52H,11-32H2,1-10H3,(H,44,45,46,47);14H,7-12H2,1-6H3. The number of esters is 1. The van der Waals surface area contributed by atoms with Gasteiger partial charge < -0.3 is 34.5 Å². The largest absolute Gasteiger partial charge is 0.464 e. The van der Waals surface area contributed by atoms with Gasteiger partial charge in [0, 0.05) is 85.0 Å². The number of hydrogen-bond donors (Lipinski definition) is 2. The maximum absolute atomic E-state index is 11.6. The minimum absolute atomic E-state index is 0.00574. The van der Waals surface area contributed by atoms with Gasteiger partial charge in [-0.1, -0.05) is 65.2 Å². The van der Waals surface area contributed by atoms with Crippen LogP contribution in [0.3, 0.4) is 0 Å². The van der Waals surface area contributed by atoms with Crippen molar-refractivity contribution in [2.45, 2.75) is 309 Å². The van der Waals surface area contributed by atoms with Gasteiger partial charge in [-0.15, -0.1) is 0 Å². The van der Waals surface area contributed by atoms with Gasteiger partial charge in [0.15, 0.2) is 0 Å². The number of rotatable bonds is 24. The maximum Gasteiger partial charge on any atom is 0.306 e. The number of anilines is 3. The number of unbranched alkanes of at least 4 members (excludes halogenated alkanes) is 2. The monoisotopic (exact) mass is 1070 g/mol. The third-order valence-corrected chi connectivity index (χ3v) is 17.2. The number of aromatic nitrogens is 3. The molecule has 3 aliphatic heterocycles. The number of hydroxylamine groups is 4. The molecule has 16 nitrogen and oxygen atoms in total. The molecule has 0 amide bonds. The maximum atomic E-state index is 11.6. The van der Waals surface area contributed by atoms with Crippen LogP contribution in [-0.4, -0.2) is 157 Å². The van der Waals surface area contributed by atoms with E-state index in [4.69, 9.17) is 34.1 Å². The number of hydrogen-bond acceptors (Lipinski definition) is 16. The number of ether oxygens (including phenoxy) is 2. The van der Waals surface area contributed by atoms with Crippen molar-refractivity contribution in [2.24, 2.45) is 0 Å². The predicted octanol–water partition coefficient (Wildman–Crippen LogP) is 11.6. The summed E-state index contributed by atoms with van der Waals surface area (Å²) in [6, 6.07) is 0.465. The van der Waals surface area contributed by atoms with E-state index in [0.29, 0.717) is 37.9 Å². The number of carbonyl (C=O) groups is 2. The van der Waals surface area contributed by atoms with Crippen molar-refractivity contribution in [1.82, 2.24) is 30.0 Å². The number of Topliss-reactive ketones (excluding diaryl/α,β-unsaturated/α-hetero) is 1. The van der Waals surface area contributed by atoms with Crippen LogP contribution >= 0.6 is 0 Å². The van der Waals surface area contributed by atoms with Gasteiger partial charge in [0.1, 0.15) is 12.4 Å². The Labute approximate surface area is 462 Å². The van der Waals surface area contributed by atoms with Crippen molar-refractivity contribution >= 4 is 29.6 Å². The van der Waals surface area contributed by atoms with Crippen LogP contribution in [-0.2, 0) is 28.7 Å². The van der Waals surface area contributed by atoms with Crippen LogP contribution in [0.1, 0.15) is 245 Å². The van der Waals surface area contributed by atoms with Gasteiger partial charge >= 0.3 is 5.97 Å². The number of aliphatic hydroxyl groups is 1. The number of methoxy groups -OCH3 is 1. The summed E-state index contributed by atoms with van der Waals surface area (Å²) < 4.78 is 10.8. The highest BCUT2D eigenvalue weighted by atomic mass is 16.7. The van der Waals surface area contributed by atoms with E-state index in [1.54, 1.807) is 7.11 Å². The van der Waals surface area contributed by atoms with Crippen LogP contribution in [0.2, 0.25) is 0 Å². The Morgan fingerprint density at radius 3 is 1.39 bits per heavy atom. The molecule has 5 fully saturated rings. The molecule has 6 rings (SSSR count). The lowest BCUT2D eigenvalue weighted by Gasteiger charge is -2.57. The molecule has 3 saturated heterocycles. The lowest BCUT2D eigenvalue weighted by atomic mass is 9.78. The van der Waals surface area contributed by atoms with Gasteiger partial charge in [-0.3, -0.25) is 19.4 Å². The Morgan fingerprint density at radius 2 is 1.03 bits per heavy atom. The van der Waals surface area contributed by atoms with Crippen molar-refractivity contribution in [1.29, 1.82) is 0 Å². The fraction of sp³-hybridized carbons (Fsp3) is 0.917. The van der Waals surface area contributed by atoms with Gasteiger partial charge in [0.05, 0.1) is 31.3 Å². The molecule has 438 valence electrons. The summed E-state index contributed by atoms with van der Waals surface area (Å²) >= 11 is 0. The highest BCUT2D eigenvalue weighted by molar-refractivity contribution is 5.80. The summed E-state index contributed by atoms with van der Waals surface area (Å²) in [5, 5.41) is 17.9. The summed E-state index contributed by atoms with van der Waals surface area (Å²) in [6.45, 7) is 36.9. The normalized spacial score (nSPS) is 23.6. The number of likely N-dealkylation sites (tertiary alicyclic amines) is 1. The van der Waals surface area contributed by atoms with E-state index in [-0.39, 0.29) is 82.6 Å². The fourth-order valence-electron chi connectivity index (χ4n) is 14.1. The highest BCUT2D eigenvalue weighted by Crippen LogP contribution is 2.45. The number of aliphatic hydroxyl groups excluding tert-OH is 1. The van der Waals surface area contributed by atoms with Crippen LogP contribution in [0.4, 0.5) is 17.8 Å². The first-order valence-corrected chi connectivity index (χ1v) is 30.2. The molecule has 2 N–H and O–H groups in total. The molecule has 2 saturated carbocycles. The van der Waals surface area contributed by atoms with E-state index in [2.05, 4.69) is 127 Å². The second kappa shape index (κ2) is 28.1. The molecule has 4 heterocycles. The zero-order valence-corrected chi connectivity index (χ0v) is 51.2. The molecule has 16 heteroatoms. The minimum Gasteiger partial charge on any atom is -0.464 e. The van der Waals surface area contributed by atoms with Crippen LogP contribution in [0, 0.1) is 0 Å². The molecule has 0 atom stereocenters. The number of carbonyl (C=O) groups excluding carboxylic acids is 2. The summed E-state index contributed by atoms with van der Waals surface area (Å²) in [4.78, 5) is 59.4. The number of ketones is 1. The van der Waals surface area contributed by atoms with Gasteiger partial charge in [-0.25, -0.2) is 0 Å². The Bertz CT molecular complexity index is 1790. The molecule has 76 heavy (non-hydrogen) atoms. The lowest BCUT2D eigenvalue weighted by Crippen LogP contribution is -2.65. The van der Waals surface area contributed by atoms with Crippen LogP contribution in [0.25, 0.3) is 0 Å². The summed E-state index contributed by atoms with van der Waals surface area (Å²) in [7, 11) is 1.77. The Balaban J connectivity index is 0.000000406. The quantitative estimate of drug-likeness (QED) is 0.0941. The zero-order chi connectivity index (χ0) is 56.1. The number of piperidine rings is 3. The van der Waals surface area contributed by atoms with Crippen LogP contribution < -0.4 is 15.1 Å². The first-order chi connectivity index (χ1) is 35.7. The van der Waals surface area contributed by atoms with E-state index in [0.717, 1.165) is 115 Å². The summed E-state index contributed by atoms with van der Waals surface area (Å²) in [5.74, 6) is 1.74. The van der Waals surface area contributed by atoms with E-state index in [1.165, 1.54) is 45.4 Å². The Morgan fingerprint density at radius 1 is 0.605 bits per heavy atom. The SMILES string of the molecule is CCCCN(c1nc(NCCO)nc(N(CCCC)C2CC(C)(C)N(OC3CCCCC3)C(C)(C)C2)n1)C1CC(C)(C)N(OC2CCCCC2)C(C)(C)C1.COC1CC(C)(C)N(CCOC(=O)CCC(C)=O)C(C)(C)C1. The third-order valence-electron chi connectivity index (χ3n) is 17.2. The molecule has 0 spiro atoms. The molecule has 5 aliphatic rings. The molecule has 0 bridgehead atoms. The van der Waals surface area contributed by atoms with Crippen molar-refractivity contribution < 1.29 is 33.8 Å². The molecule has 0 aromatic carbocycles. The number of nitrogens with one attached hydrogen (secondary N) is 1. The first-order valence-electron chi connectivity index (χ1n) is 30.2. The average Bonchev–Trinajstić information content (AvgIpc) is 3.34. The van der Waals surface area contributed by atoms with Gasteiger partial charge in [0.2, 0.25) is 17.8 Å². The minimum atomic E-state index is -0.294. The molecular weight excluding hydrogens is 959 g/mol. The van der Waals surface area contributed by atoms with Crippen molar-refractivity contribution in [3.8, 4) is 0 Å². The van der Waals surface area contributed by atoms with Gasteiger partial charge in [-0.05, 0) is 167 Å². The first kappa shape index (κ1) is 64.1. The Hall–Kier alpha value is -2.73. The summed E-state index contributed by atoms with van der Waals surface area (Å²) in [6.07, 6.45) is 23.7. The third kappa shape index (κ3) is 17.9. The van der Waals surface area contributed by atoms with E-state index < -0.39 is 0 Å². The molecule has 0 radical (unpaired) electrons. The fourth-order valence-corrected chi connectivity index (χ4v) is 14.1. The Kier molecular flexibility index (Phi) is 23.7. The van der Waals surface area contributed by atoms with Gasteiger partial charge in [0.25, 0.3) is 0 Å². The second-order valence-electron chi connectivity index (χ2n) is 27.2.